The molecule has 1 rings (SSSR count). The van der Waals surface area contributed by atoms with E-state index in [2.05, 4.69) is 15.4 Å². The molecule has 17 heavy (non-hydrogen) atoms. The number of rotatable bonds is 6. The summed E-state index contributed by atoms with van der Waals surface area (Å²) in [5.41, 5.74) is 1.11. The average Bonchev–Trinajstić information content (AvgIpc) is 2.23. The van der Waals surface area contributed by atoms with Gasteiger partial charge >= 0.3 is 0 Å². The second-order valence-electron chi connectivity index (χ2n) is 4.72. The largest absolute Gasteiger partial charge is 0.858 e. The van der Waals surface area contributed by atoms with Gasteiger partial charge in [0.05, 0.1) is 21.1 Å². The Balaban J connectivity index is 2.23. The van der Waals surface area contributed by atoms with E-state index in [1.165, 1.54) is 0 Å². The minimum Gasteiger partial charge on any atom is -0.858 e. The SMILES string of the molecule is C[N+](C)(C)/N=C(/[O-])CCNCc1cccnc1. The molecule has 1 N–H and O–H groups in total. The Kier molecular flexibility index (Phi) is 5.06. The van der Waals surface area contributed by atoms with E-state index in [0.717, 1.165) is 12.1 Å². The van der Waals surface area contributed by atoms with E-state index < -0.39 is 0 Å². The molecular formula is C12H20N4O. The van der Waals surface area contributed by atoms with E-state index in [4.69, 9.17) is 0 Å². The maximum atomic E-state index is 11.4. The number of pyridine rings is 1. The van der Waals surface area contributed by atoms with Crippen LogP contribution in [0.15, 0.2) is 29.6 Å². The van der Waals surface area contributed by atoms with Gasteiger partial charge in [-0.05, 0) is 18.1 Å². The van der Waals surface area contributed by atoms with Crippen LogP contribution in [-0.2, 0) is 6.54 Å². The molecule has 0 saturated heterocycles. The lowest BCUT2D eigenvalue weighted by Crippen LogP contribution is -2.34. The number of quaternary nitrogens is 1. The summed E-state index contributed by atoms with van der Waals surface area (Å²) in [4.78, 5) is 4.02. The highest BCUT2D eigenvalue weighted by molar-refractivity contribution is 5.70. The van der Waals surface area contributed by atoms with Gasteiger partial charge < -0.3 is 10.4 Å². The maximum Gasteiger partial charge on any atom is 0.0923 e. The first kappa shape index (κ1) is 13.6. The van der Waals surface area contributed by atoms with Crippen LogP contribution in [0, 0.1) is 0 Å². The zero-order valence-corrected chi connectivity index (χ0v) is 10.7. The molecule has 0 saturated carbocycles. The minimum absolute atomic E-state index is 0.0730. The van der Waals surface area contributed by atoms with Crippen molar-refractivity contribution in [3.63, 3.8) is 0 Å². The van der Waals surface area contributed by atoms with E-state index in [1.807, 2.05) is 39.5 Å². The van der Waals surface area contributed by atoms with Crippen LogP contribution in [0.2, 0.25) is 0 Å². The first-order valence-electron chi connectivity index (χ1n) is 5.64. The highest BCUT2D eigenvalue weighted by Gasteiger charge is 2.02. The average molecular weight is 236 g/mol. The molecular weight excluding hydrogens is 216 g/mol. The van der Waals surface area contributed by atoms with Crippen molar-refractivity contribution in [2.24, 2.45) is 5.10 Å². The molecule has 0 atom stereocenters. The van der Waals surface area contributed by atoms with Gasteiger partial charge in [-0.15, -0.1) is 5.10 Å². The molecule has 0 aliphatic heterocycles. The van der Waals surface area contributed by atoms with Crippen LogP contribution in [0.5, 0.6) is 0 Å². The molecule has 1 heterocycles. The molecule has 0 spiro atoms. The second-order valence-corrected chi connectivity index (χ2v) is 4.72. The van der Waals surface area contributed by atoms with Gasteiger partial charge in [-0.3, -0.25) is 4.98 Å². The highest BCUT2D eigenvalue weighted by atomic mass is 16.3. The Morgan fingerprint density at radius 1 is 1.47 bits per heavy atom. The van der Waals surface area contributed by atoms with Crippen molar-refractivity contribution < 1.29 is 9.70 Å². The van der Waals surface area contributed by atoms with Crippen LogP contribution in [0.3, 0.4) is 0 Å². The zero-order chi connectivity index (χ0) is 12.7. The molecule has 1 aromatic rings. The Morgan fingerprint density at radius 3 is 2.82 bits per heavy atom. The Morgan fingerprint density at radius 2 is 2.24 bits per heavy atom. The standard InChI is InChI=1S/C12H20N4O/c1-16(2,3)15-12(17)6-8-14-10-11-5-4-7-13-9-11/h4-5,7,9,14H,6,8,10H2,1-3H3. The lowest BCUT2D eigenvalue weighted by atomic mass is 10.3. The molecule has 5 heteroatoms. The van der Waals surface area contributed by atoms with Gasteiger partial charge in [0.25, 0.3) is 0 Å². The topological polar surface area (TPSA) is 60.3 Å². The quantitative estimate of drug-likeness (QED) is 0.247. The molecule has 0 bridgehead atoms. The molecule has 0 radical (unpaired) electrons. The number of hydrogen-bond donors (Lipinski definition) is 1. The number of aromatic nitrogens is 1. The second kappa shape index (κ2) is 6.32. The molecule has 0 aliphatic carbocycles. The summed E-state index contributed by atoms with van der Waals surface area (Å²) in [6, 6.07) is 3.90. The Hall–Kier alpha value is -1.46. The van der Waals surface area contributed by atoms with Crippen molar-refractivity contribution in [2.75, 3.05) is 27.7 Å². The number of nitrogens with zero attached hydrogens (tertiary/aromatic N) is 3. The van der Waals surface area contributed by atoms with Crippen molar-refractivity contribution in [2.45, 2.75) is 13.0 Å². The molecule has 0 amide bonds. The fourth-order valence-corrected chi connectivity index (χ4v) is 1.32. The van der Waals surface area contributed by atoms with Gasteiger partial charge in [0, 0.05) is 31.4 Å². The van der Waals surface area contributed by atoms with Crippen LogP contribution < -0.4 is 10.4 Å². The summed E-state index contributed by atoms with van der Waals surface area (Å²) >= 11 is 0. The van der Waals surface area contributed by atoms with E-state index in [0.29, 0.717) is 17.6 Å². The summed E-state index contributed by atoms with van der Waals surface area (Å²) in [6.45, 7) is 1.36. The van der Waals surface area contributed by atoms with Crippen molar-refractivity contribution >= 4 is 5.90 Å². The summed E-state index contributed by atoms with van der Waals surface area (Å²) in [7, 11) is 5.59. The molecule has 1 aromatic heterocycles. The summed E-state index contributed by atoms with van der Waals surface area (Å²) in [5.74, 6) is -0.0730. The third-order valence-electron chi connectivity index (χ3n) is 1.98. The Labute approximate surface area is 102 Å². The van der Waals surface area contributed by atoms with Gasteiger partial charge in [-0.2, -0.15) is 0 Å². The third-order valence-corrected chi connectivity index (χ3v) is 1.98. The van der Waals surface area contributed by atoms with Crippen LogP contribution in [0.4, 0.5) is 0 Å². The van der Waals surface area contributed by atoms with Gasteiger partial charge in [-0.25, -0.2) is 4.59 Å². The fourth-order valence-electron chi connectivity index (χ4n) is 1.32. The van der Waals surface area contributed by atoms with E-state index in [-0.39, 0.29) is 5.90 Å². The van der Waals surface area contributed by atoms with Crippen LogP contribution in [0.1, 0.15) is 12.0 Å². The maximum absolute atomic E-state index is 11.4. The fraction of sp³-hybridized carbons (Fsp3) is 0.500. The van der Waals surface area contributed by atoms with Crippen LogP contribution in [0.25, 0.3) is 0 Å². The first-order valence-corrected chi connectivity index (χ1v) is 5.64. The molecule has 0 aliphatic rings. The molecule has 0 aromatic carbocycles. The van der Waals surface area contributed by atoms with Crippen molar-refractivity contribution in [3.8, 4) is 0 Å². The van der Waals surface area contributed by atoms with Crippen molar-refractivity contribution in [3.05, 3.63) is 30.1 Å². The first-order chi connectivity index (χ1) is 7.97. The summed E-state index contributed by atoms with van der Waals surface area (Å²) in [5, 5.41) is 18.6. The van der Waals surface area contributed by atoms with Crippen LogP contribution in [-0.4, -0.2) is 43.2 Å². The molecule has 94 valence electrons. The smallest absolute Gasteiger partial charge is 0.0923 e. The lowest BCUT2D eigenvalue weighted by molar-refractivity contribution is -0.878. The summed E-state index contributed by atoms with van der Waals surface area (Å²) < 4.78 is 0.321. The molecule has 5 nitrogen and oxygen atoms in total. The third kappa shape index (κ3) is 6.65. The van der Waals surface area contributed by atoms with E-state index >= 15 is 0 Å². The predicted octanol–water partition coefficient (Wildman–Crippen LogP) is -0.0587. The van der Waals surface area contributed by atoms with E-state index in [1.54, 1.807) is 6.20 Å². The van der Waals surface area contributed by atoms with Crippen molar-refractivity contribution in [1.82, 2.24) is 10.3 Å². The van der Waals surface area contributed by atoms with E-state index in [9.17, 15) is 5.11 Å². The van der Waals surface area contributed by atoms with Gasteiger partial charge in [0.15, 0.2) is 0 Å². The minimum atomic E-state index is -0.0730. The molecule has 0 fully saturated rings. The number of hydrogen-bond acceptors (Lipinski definition) is 4. The van der Waals surface area contributed by atoms with Crippen LogP contribution >= 0.6 is 0 Å². The van der Waals surface area contributed by atoms with Gasteiger partial charge in [0.2, 0.25) is 0 Å². The molecule has 0 unspecified atom stereocenters. The normalized spacial score (nSPS) is 12.8. The number of nitrogens with one attached hydrogen (secondary N) is 1. The lowest BCUT2D eigenvalue weighted by Gasteiger charge is -2.20. The van der Waals surface area contributed by atoms with Gasteiger partial charge in [0.1, 0.15) is 0 Å². The monoisotopic (exact) mass is 236 g/mol. The summed E-state index contributed by atoms with van der Waals surface area (Å²) in [6.07, 6.45) is 3.98. The highest BCUT2D eigenvalue weighted by Crippen LogP contribution is 1.95. The predicted molar refractivity (Wildman–Crippen MR) is 66.0 cm³/mol. The van der Waals surface area contributed by atoms with Gasteiger partial charge in [-0.1, -0.05) is 6.07 Å². The van der Waals surface area contributed by atoms with Crippen molar-refractivity contribution in [1.29, 1.82) is 0 Å². The zero-order valence-electron chi connectivity index (χ0n) is 10.7. The Bertz CT molecular complexity index is 357.